The van der Waals surface area contributed by atoms with Crippen LogP contribution in [-0.2, 0) is 14.4 Å². The summed E-state index contributed by atoms with van der Waals surface area (Å²) in [5.41, 5.74) is 0.772. The second kappa shape index (κ2) is 8.44. The molecule has 1 unspecified atom stereocenters. The molecule has 0 saturated carbocycles. The Bertz CT molecular complexity index is 1340. The molecule has 0 aromatic heterocycles. The Morgan fingerprint density at radius 1 is 0.677 bits per heavy atom. The minimum atomic E-state index is -1.10. The SMILES string of the molecule is CC(=O)CC(C(=O)C(=O)C(=O)c1cccc2ccccc12)c1cccc2ccccc12. The Hall–Kier alpha value is -3.92. The Morgan fingerprint density at radius 2 is 1.23 bits per heavy atom. The third-order valence-electron chi connectivity index (χ3n) is 5.47. The van der Waals surface area contributed by atoms with Crippen LogP contribution < -0.4 is 0 Å². The van der Waals surface area contributed by atoms with Gasteiger partial charge in [0.1, 0.15) is 5.78 Å². The van der Waals surface area contributed by atoms with E-state index in [9.17, 15) is 19.2 Å². The van der Waals surface area contributed by atoms with E-state index < -0.39 is 23.3 Å². The summed E-state index contributed by atoms with van der Waals surface area (Å²) in [6, 6.07) is 25.2. The van der Waals surface area contributed by atoms with E-state index in [1.54, 1.807) is 36.4 Å². The van der Waals surface area contributed by atoms with Gasteiger partial charge in [0.05, 0.1) is 5.92 Å². The number of carbonyl (C=O) groups excluding carboxylic acids is 4. The molecule has 0 aliphatic rings. The molecule has 0 aliphatic carbocycles. The molecule has 4 rings (SSSR count). The van der Waals surface area contributed by atoms with E-state index in [0.717, 1.165) is 16.2 Å². The van der Waals surface area contributed by atoms with Crippen molar-refractivity contribution in [3.05, 3.63) is 96.1 Å². The number of Topliss-reactive ketones (excluding diaryl/α,β-unsaturated/α-hetero) is 4. The fourth-order valence-electron chi connectivity index (χ4n) is 4.00. The van der Waals surface area contributed by atoms with E-state index in [-0.39, 0.29) is 17.8 Å². The van der Waals surface area contributed by atoms with Crippen LogP contribution in [-0.4, -0.2) is 23.1 Å². The first-order valence-electron chi connectivity index (χ1n) is 10.0. The average Bonchev–Trinajstić information content (AvgIpc) is 2.80. The van der Waals surface area contributed by atoms with Crippen LogP contribution >= 0.6 is 0 Å². The van der Waals surface area contributed by atoms with E-state index in [4.69, 9.17) is 0 Å². The predicted octanol–water partition coefficient (Wildman–Crippen LogP) is 5.08. The topological polar surface area (TPSA) is 68.3 Å². The molecule has 1 atom stereocenters. The Morgan fingerprint density at radius 3 is 1.90 bits per heavy atom. The Kier molecular flexibility index (Phi) is 5.54. The van der Waals surface area contributed by atoms with Crippen molar-refractivity contribution >= 4 is 44.7 Å². The van der Waals surface area contributed by atoms with Gasteiger partial charge in [0, 0.05) is 12.0 Å². The summed E-state index contributed by atoms with van der Waals surface area (Å²) in [5, 5.41) is 3.11. The monoisotopic (exact) mass is 408 g/mol. The summed E-state index contributed by atoms with van der Waals surface area (Å²) in [7, 11) is 0. The summed E-state index contributed by atoms with van der Waals surface area (Å²) in [4.78, 5) is 51.2. The molecule has 4 aromatic rings. The number of fused-ring (bicyclic) bond motifs is 2. The van der Waals surface area contributed by atoms with Gasteiger partial charge >= 0.3 is 0 Å². The van der Waals surface area contributed by atoms with Crippen molar-refractivity contribution in [1.82, 2.24) is 0 Å². The summed E-state index contributed by atoms with van der Waals surface area (Å²) in [5.74, 6) is -4.04. The van der Waals surface area contributed by atoms with Gasteiger partial charge < -0.3 is 0 Å². The number of carbonyl (C=O) groups is 4. The zero-order valence-corrected chi connectivity index (χ0v) is 17.0. The highest BCUT2D eigenvalue weighted by atomic mass is 16.2. The van der Waals surface area contributed by atoms with E-state index in [1.165, 1.54) is 6.92 Å². The molecule has 31 heavy (non-hydrogen) atoms. The molecule has 0 saturated heterocycles. The highest BCUT2D eigenvalue weighted by Crippen LogP contribution is 2.30. The zero-order chi connectivity index (χ0) is 22.0. The van der Waals surface area contributed by atoms with Crippen molar-refractivity contribution in [3.8, 4) is 0 Å². The summed E-state index contributed by atoms with van der Waals surface area (Å²) in [6.07, 6.45) is -0.138. The molecule has 4 nitrogen and oxygen atoms in total. The highest BCUT2D eigenvalue weighted by Gasteiger charge is 2.34. The average molecular weight is 408 g/mol. The molecule has 0 aliphatic heterocycles. The smallest absolute Gasteiger partial charge is 0.269 e. The van der Waals surface area contributed by atoms with Gasteiger partial charge in [-0.3, -0.25) is 19.2 Å². The third kappa shape index (κ3) is 3.92. The minimum Gasteiger partial charge on any atom is -0.300 e. The standard InChI is InChI=1S/C27H20O4/c1-17(28)16-24(22-14-6-10-18-8-2-4-12-20(18)22)26(30)27(31)25(29)23-15-7-11-19-9-3-5-13-21(19)23/h2-15,24H,16H2,1H3. The number of benzene rings is 4. The van der Waals surface area contributed by atoms with Gasteiger partial charge in [0.2, 0.25) is 11.6 Å². The first kappa shape index (κ1) is 20.4. The maximum Gasteiger partial charge on any atom is 0.269 e. The Balaban J connectivity index is 1.76. The van der Waals surface area contributed by atoms with E-state index >= 15 is 0 Å². The molecule has 0 spiro atoms. The molecule has 0 fully saturated rings. The molecular weight excluding hydrogens is 388 g/mol. The lowest BCUT2D eigenvalue weighted by Crippen LogP contribution is -2.30. The number of hydrogen-bond donors (Lipinski definition) is 0. The normalized spacial score (nSPS) is 11.9. The van der Waals surface area contributed by atoms with Crippen molar-refractivity contribution in [3.63, 3.8) is 0 Å². The van der Waals surface area contributed by atoms with Crippen molar-refractivity contribution < 1.29 is 19.2 Å². The number of hydrogen-bond acceptors (Lipinski definition) is 4. The van der Waals surface area contributed by atoms with Crippen molar-refractivity contribution in [2.45, 2.75) is 19.3 Å². The van der Waals surface area contributed by atoms with Crippen LogP contribution in [0.4, 0.5) is 0 Å². The third-order valence-corrected chi connectivity index (χ3v) is 5.47. The predicted molar refractivity (Wildman–Crippen MR) is 120 cm³/mol. The molecule has 0 radical (unpaired) electrons. The zero-order valence-electron chi connectivity index (χ0n) is 17.0. The number of rotatable bonds is 7. The molecule has 4 aromatic carbocycles. The lowest BCUT2D eigenvalue weighted by molar-refractivity contribution is -0.135. The fraction of sp³-hybridized carbons (Fsp3) is 0.111. The molecule has 0 bridgehead atoms. The van der Waals surface area contributed by atoms with E-state index in [2.05, 4.69) is 0 Å². The van der Waals surface area contributed by atoms with Crippen molar-refractivity contribution in [2.75, 3.05) is 0 Å². The summed E-state index contributed by atoms with van der Waals surface area (Å²) < 4.78 is 0. The van der Waals surface area contributed by atoms with E-state index in [1.807, 2.05) is 48.5 Å². The maximum atomic E-state index is 13.3. The van der Waals surface area contributed by atoms with Crippen LogP contribution in [0, 0.1) is 0 Å². The van der Waals surface area contributed by atoms with Gasteiger partial charge in [-0.1, -0.05) is 84.9 Å². The lowest BCUT2D eigenvalue weighted by atomic mass is 9.83. The lowest BCUT2D eigenvalue weighted by Gasteiger charge is -2.16. The Labute approximate surface area is 179 Å². The van der Waals surface area contributed by atoms with Crippen molar-refractivity contribution in [1.29, 1.82) is 0 Å². The van der Waals surface area contributed by atoms with Crippen LogP contribution in [0.5, 0.6) is 0 Å². The molecule has 0 N–H and O–H groups in total. The molecule has 4 heteroatoms. The van der Waals surface area contributed by atoms with Gasteiger partial charge in [0.15, 0.2) is 0 Å². The summed E-state index contributed by atoms with van der Waals surface area (Å²) >= 11 is 0. The molecule has 152 valence electrons. The number of ketones is 4. The second-order valence-corrected chi connectivity index (χ2v) is 7.58. The highest BCUT2D eigenvalue weighted by molar-refractivity contribution is 6.68. The minimum absolute atomic E-state index is 0.138. The van der Waals surface area contributed by atoms with Crippen LogP contribution in [0.3, 0.4) is 0 Å². The van der Waals surface area contributed by atoms with Crippen LogP contribution in [0.15, 0.2) is 84.9 Å². The van der Waals surface area contributed by atoms with Gasteiger partial charge in [-0.15, -0.1) is 0 Å². The largest absolute Gasteiger partial charge is 0.300 e. The van der Waals surface area contributed by atoms with Crippen LogP contribution in [0.2, 0.25) is 0 Å². The maximum absolute atomic E-state index is 13.3. The first-order chi connectivity index (χ1) is 15.0. The van der Waals surface area contributed by atoms with Gasteiger partial charge in [0.25, 0.3) is 5.78 Å². The molecule has 0 heterocycles. The van der Waals surface area contributed by atoms with Gasteiger partial charge in [-0.2, -0.15) is 0 Å². The second-order valence-electron chi connectivity index (χ2n) is 7.58. The van der Waals surface area contributed by atoms with Gasteiger partial charge in [-0.05, 0) is 34.0 Å². The quantitative estimate of drug-likeness (QED) is 0.243. The molecular formula is C27H20O4. The van der Waals surface area contributed by atoms with E-state index in [0.29, 0.717) is 10.9 Å². The van der Waals surface area contributed by atoms with Crippen LogP contribution in [0.25, 0.3) is 21.5 Å². The summed E-state index contributed by atoms with van der Waals surface area (Å²) in [6.45, 7) is 1.38. The van der Waals surface area contributed by atoms with Crippen LogP contribution in [0.1, 0.15) is 35.2 Å². The first-order valence-corrected chi connectivity index (χ1v) is 10.0. The fourth-order valence-corrected chi connectivity index (χ4v) is 4.00. The van der Waals surface area contributed by atoms with Crippen molar-refractivity contribution in [2.24, 2.45) is 0 Å². The molecule has 0 amide bonds. The van der Waals surface area contributed by atoms with Gasteiger partial charge in [-0.25, -0.2) is 0 Å².